The first-order valence-electron chi connectivity index (χ1n) is 9.15. The zero-order chi connectivity index (χ0) is 19.3. The van der Waals surface area contributed by atoms with Gasteiger partial charge in [-0.05, 0) is 50.8 Å². The van der Waals surface area contributed by atoms with E-state index < -0.39 is 5.60 Å². The van der Waals surface area contributed by atoms with Crippen molar-refractivity contribution in [3.8, 4) is 0 Å². The van der Waals surface area contributed by atoms with Crippen LogP contribution in [0.5, 0.6) is 0 Å². The quantitative estimate of drug-likeness (QED) is 0.791. The van der Waals surface area contributed by atoms with Crippen molar-refractivity contribution >= 4 is 23.4 Å². The highest BCUT2D eigenvalue weighted by molar-refractivity contribution is 6.30. The van der Waals surface area contributed by atoms with Gasteiger partial charge in [0.05, 0.1) is 11.5 Å². The Hall–Kier alpha value is -1.59. The van der Waals surface area contributed by atoms with Crippen LogP contribution < -0.4 is 0 Å². The summed E-state index contributed by atoms with van der Waals surface area (Å²) < 4.78 is 0. The molecule has 5 nitrogen and oxygen atoms in total. The van der Waals surface area contributed by atoms with Gasteiger partial charge in [-0.2, -0.15) is 0 Å². The highest BCUT2D eigenvalue weighted by Crippen LogP contribution is 2.21. The van der Waals surface area contributed by atoms with Crippen molar-refractivity contribution < 1.29 is 14.7 Å². The van der Waals surface area contributed by atoms with Crippen LogP contribution in [0.3, 0.4) is 0 Å². The third-order valence-corrected chi connectivity index (χ3v) is 5.12. The molecule has 0 aliphatic carbocycles. The molecule has 1 saturated heterocycles. The van der Waals surface area contributed by atoms with Gasteiger partial charge >= 0.3 is 0 Å². The number of nitrogens with zero attached hydrogens (tertiary/aromatic N) is 2. The van der Waals surface area contributed by atoms with E-state index >= 15 is 0 Å². The Kier molecular flexibility index (Phi) is 7.07. The Labute approximate surface area is 160 Å². The number of rotatable bonds is 7. The number of halogens is 1. The molecule has 144 valence electrons. The predicted octanol–water partition coefficient (Wildman–Crippen LogP) is 2.74. The van der Waals surface area contributed by atoms with E-state index in [9.17, 15) is 14.7 Å². The molecule has 0 aromatic heterocycles. The lowest BCUT2D eigenvalue weighted by atomic mass is 9.95. The van der Waals surface area contributed by atoms with Gasteiger partial charge in [-0.15, -0.1) is 0 Å². The van der Waals surface area contributed by atoms with Crippen LogP contribution in [0.25, 0.3) is 0 Å². The number of carbonyl (C=O) groups excluding carboxylic acids is 2. The van der Waals surface area contributed by atoms with Gasteiger partial charge in [0.15, 0.2) is 0 Å². The SMILES string of the molecule is CN(CCC(C)(C)O)C(=O)[C@@H]1CCC(=O)N(CCc2ccc(Cl)cc2)C1. The summed E-state index contributed by atoms with van der Waals surface area (Å²) in [5.74, 6) is 0.00474. The maximum absolute atomic E-state index is 12.7. The lowest BCUT2D eigenvalue weighted by Gasteiger charge is -2.34. The Balaban J connectivity index is 1.88. The minimum atomic E-state index is -0.790. The molecule has 0 spiro atoms. The average Bonchev–Trinajstić information content (AvgIpc) is 2.59. The van der Waals surface area contributed by atoms with Crippen LogP contribution in [0.4, 0.5) is 0 Å². The van der Waals surface area contributed by atoms with E-state index in [-0.39, 0.29) is 17.7 Å². The molecule has 1 heterocycles. The maximum Gasteiger partial charge on any atom is 0.227 e. The van der Waals surface area contributed by atoms with Gasteiger partial charge in [0.25, 0.3) is 0 Å². The molecule has 26 heavy (non-hydrogen) atoms. The van der Waals surface area contributed by atoms with E-state index in [2.05, 4.69) is 0 Å². The summed E-state index contributed by atoms with van der Waals surface area (Å²) in [6, 6.07) is 7.62. The molecular formula is C20H29ClN2O3. The van der Waals surface area contributed by atoms with Crippen molar-refractivity contribution in [2.45, 2.75) is 45.1 Å². The topological polar surface area (TPSA) is 60.9 Å². The minimum Gasteiger partial charge on any atom is -0.390 e. The van der Waals surface area contributed by atoms with Crippen LogP contribution in [0.15, 0.2) is 24.3 Å². The van der Waals surface area contributed by atoms with E-state index in [1.807, 2.05) is 24.3 Å². The second-order valence-corrected chi connectivity index (χ2v) is 8.21. The molecule has 0 unspecified atom stereocenters. The van der Waals surface area contributed by atoms with E-state index in [1.165, 1.54) is 0 Å². The summed E-state index contributed by atoms with van der Waals surface area (Å²) in [5.41, 5.74) is 0.333. The summed E-state index contributed by atoms with van der Waals surface area (Å²) in [7, 11) is 1.77. The average molecular weight is 381 g/mol. The second-order valence-electron chi connectivity index (χ2n) is 7.77. The Morgan fingerprint density at radius 2 is 2.00 bits per heavy atom. The zero-order valence-electron chi connectivity index (χ0n) is 15.9. The van der Waals surface area contributed by atoms with Crippen LogP contribution in [0, 0.1) is 5.92 Å². The van der Waals surface area contributed by atoms with Crippen molar-refractivity contribution in [2.75, 3.05) is 26.7 Å². The molecule has 2 amide bonds. The summed E-state index contributed by atoms with van der Waals surface area (Å²) >= 11 is 5.90. The van der Waals surface area contributed by atoms with Crippen LogP contribution in [-0.2, 0) is 16.0 Å². The minimum absolute atomic E-state index is 0.0539. The number of aliphatic hydroxyl groups is 1. The van der Waals surface area contributed by atoms with Crippen molar-refractivity contribution in [1.29, 1.82) is 0 Å². The van der Waals surface area contributed by atoms with Crippen LogP contribution in [0.1, 0.15) is 38.7 Å². The molecule has 1 N–H and O–H groups in total. The van der Waals surface area contributed by atoms with Crippen LogP contribution in [-0.4, -0.2) is 59.0 Å². The molecule has 1 fully saturated rings. The highest BCUT2D eigenvalue weighted by atomic mass is 35.5. The number of benzene rings is 1. The third kappa shape index (κ3) is 6.29. The number of likely N-dealkylation sites (tertiary alicyclic amines) is 1. The summed E-state index contributed by atoms with van der Waals surface area (Å²) in [6.07, 6.45) is 2.29. The predicted molar refractivity (Wildman–Crippen MR) is 103 cm³/mol. The van der Waals surface area contributed by atoms with Gasteiger partial charge in [-0.1, -0.05) is 23.7 Å². The normalized spacial score (nSPS) is 18.1. The highest BCUT2D eigenvalue weighted by Gasteiger charge is 2.31. The fraction of sp³-hybridized carbons (Fsp3) is 0.600. The number of hydrogen-bond donors (Lipinski definition) is 1. The lowest BCUT2D eigenvalue weighted by Crippen LogP contribution is -2.47. The fourth-order valence-electron chi connectivity index (χ4n) is 3.11. The molecule has 0 saturated carbocycles. The molecule has 1 aromatic rings. The first-order chi connectivity index (χ1) is 12.2. The number of hydrogen-bond acceptors (Lipinski definition) is 3. The molecule has 1 aromatic carbocycles. The standard InChI is InChI=1S/C20H29ClN2O3/c1-20(2,26)11-13-22(3)19(25)16-6-9-18(24)23(14-16)12-10-15-4-7-17(21)8-5-15/h4-5,7-8,16,26H,6,9-14H2,1-3H3/t16-/m1/s1. The zero-order valence-corrected chi connectivity index (χ0v) is 16.6. The Morgan fingerprint density at radius 3 is 2.62 bits per heavy atom. The number of carbonyl (C=O) groups is 2. The van der Waals surface area contributed by atoms with Crippen molar-refractivity contribution in [3.05, 3.63) is 34.9 Å². The van der Waals surface area contributed by atoms with E-state index in [4.69, 9.17) is 11.6 Å². The van der Waals surface area contributed by atoms with Crippen LogP contribution in [0.2, 0.25) is 5.02 Å². The number of piperidine rings is 1. The fourth-order valence-corrected chi connectivity index (χ4v) is 3.24. The van der Waals surface area contributed by atoms with E-state index in [0.29, 0.717) is 43.9 Å². The van der Waals surface area contributed by atoms with Crippen molar-refractivity contribution in [1.82, 2.24) is 9.80 Å². The van der Waals surface area contributed by atoms with Gasteiger partial charge in [0.1, 0.15) is 0 Å². The van der Waals surface area contributed by atoms with Crippen molar-refractivity contribution in [2.24, 2.45) is 5.92 Å². The molecule has 2 rings (SSSR count). The van der Waals surface area contributed by atoms with E-state index in [0.717, 1.165) is 12.0 Å². The largest absolute Gasteiger partial charge is 0.390 e. The van der Waals surface area contributed by atoms with E-state index in [1.54, 1.807) is 30.7 Å². The van der Waals surface area contributed by atoms with Gasteiger partial charge in [0.2, 0.25) is 11.8 Å². The summed E-state index contributed by atoms with van der Waals surface area (Å²) in [6.45, 7) is 5.07. The summed E-state index contributed by atoms with van der Waals surface area (Å²) in [5, 5.41) is 10.5. The number of amides is 2. The van der Waals surface area contributed by atoms with Gasteiger partial charge in [-0.25, -0.2) is 0 Å². The van der Waals surface area contributed by atoms with Crippen LogP contribution >= 0.6 is 11.6 Å². The van der Waals surface area contributed by atoms with Gasteiger partial charge in [0, 0.05) is 38.1 Å². The third-order valence-electron chi connectivity index (χ3n) is 4.87. The molecule has 1 aliphatic rings. The molecule has 1 aliphatic heterocycles. The monoisotopic (exact) mass is 380 g/mol. The molecular weight excluding hydrogens is 352 g/mol. The molecule has 6 heteroatoms. The lowest BCUT2D eigenvalue weighted by molar-refractivity contribution is -0.142. The van der Waals surface area contributed by atoms with Gasteiger partial charge in [-0.3, -0.25) is 9.59 Å². The maximum atomic E-state index is 12.7. The van der Waals surface area contributed by atoms with Crippen molar-refractivity contribution in [3.63, 3.8) is 0 Å². The Bertz CT molecular complexity index is 625. The summed E-state index contributed by atoms with van der Waals surface area (Å²) in [4.78, 5) is 28.4. The first-order valence-corrected chi connectivity index (χ1v) is 9.53. The second kappa shape index (κ2) is 8.87. The Morgan fingerprint density at radius 1 is 1.35 bits per heavy atom. The molecule has 1 atom stereocenters. The molecule has 0 radical (unpaired) electrons. The first kappa shape index (κ1) is 20.7. The molecule has 0 bridgehead atoms. The van der Waals surface area contributed by atoms with Gasteiger partial charge < -0.3 is 14.9 Å². The smallest absolute Gasteiger partial charge is 0.227 e.